The van der Waals surface area contributed by atoms with Crippen molar-refractivity contribution in [2.24, 2.45) is 0 Å². The summed E-state index contributed by atoms with van der Waals surface area (Å²) in [6.07, 6.45) is 0. The largest absolute Gasteiger partial charge is 0.290 e. The first-order chi connectivity index (χ1) is 25.8. The maximum Gasteiger partial charge on any atom is 0.235 e. The predicted molar refractivity (Wildman–Crippen MR) is 214 cm³/mol. The molecule has 0 saturated heterocycles. The van der Waals surface area contributed by atoms with Crippen LogP contribution in [0.5, 0.6) is 0 Å². The van der Waals surface area contributed by atoms with E-state index < -0.39 is 0 Å². The molecule has 0 aliphatic rings. The summed E-state index contributed by atoms with van der Waals surface area (Å²) >= 11 is 0. The van der Waals surface area contributed by atoms with Gasteiger partial charge in [-0.1, -0.05) is 158 Å². The average molecular weight is 664 g/mol. The highest BCUT2D eigenvalue weighted by molar-refractivity contribution is 6.27. The maximum atomic E-state index is 5.49. The summed E-state index contributed by atoms with van der Waals surface area (Å²) in [5, 5.41) is 6.81. The summed E-state index contributed by atoms with van der Waals surface area (Å²) in [5.74, 6) is 1.54. The zero-order valence-corrected chi connectivity index (χ0v) is 28.0. The molecule has 11 aromatic rings. The number of hydrogen-bond acceptors (Lipinski definition) is 3. The topological polar surface area (TPSA) is 48.0 Å². The van der Waals surface area contributed by atoms with Gasteiger partial charge in [0.2, 0.25) is 5.95 Å². The van der Waals surface area contributed by atoms with Crippen molar-refractivity contribution in [3.8, 4) is 39.9 Å². The van der Waals surface area contributed by atoms with Crippen LogP contribution < -0.4 is 0 Å². The van der Waals surface area contributed by atoms with Crippen molar-refractivity contribution in [2.45, 2.75) is 0 Å². The van der Waals surface area contributed by atoms with Gasteiger partial charge in [0.05, 0.1) is 39.0 Å². The van der Waals surface area contributed by atoms with Gasteiger partial charge in [-0.2, -0.15) is 0 Å². The summed E-state index contributed by atoms with van der Waals surface area (Å²) in [6, 6.07) is 61.7. The third kappa shape index (κ3) is 4.14. The molecule has 52 heavy (non-hydrogen) atoms. The summed E-state index contributed by atoms with van der Waals surface area (Å²) in [6.45, 7) is 0. The second-order valence-corrected chi connectivity index (χ2v) is 13.2. The molecular weight excluding hydrogens is 635 g/mol. The van der Waals surface area contributed by atoms with Crippen LogP contribution in [0.1, 0.15) is 0 Å². The van der Waals surface area contributed by atoms with Crippen molar-refractivity contribution in [2.75, 3.05) is 0 Å². The highest BCUT2D eigenvalue weighted by Gasteiger charge is 2.25. The Morgan fingerprint density at radius 1 is 0.346 bits per heavy atom. The minimum absolute atomic E-state index is 0.638. The minimum Gasteiger partial charge on any atom is -0.290 e. The Kier molecular flexibility index (Phi) is 6.18. The van der Waals surface area contributed by atoms with E-state index in [1.54, 1.807) is 0 Å². The van der Waals surface area contributed by atoms with Crippen LogP contribution in [0.4, 0.5) is 0 Å². The van der Waals surface area contributed by atoms with Gasteiger partial charge >= 0.3 is 0 Å². The fourth-order valence-corrected chi connectivity index (χ4v) is 8.08. The lowest BCUT2D eigenvalue weighted by molar-refractivity contribution is 1.01. The zero-order chi connectivity index (χ0) is 34.2. The molecule has 7 aromatic carbocycles. The molecule has 4 heterocycles. The Labute approximate surface area is 298 Å². The monoisotopic (exact) mass is 663 g/mol. The van der Waals surface area contributed by atoms with Gasteiger partial charge < -0.3 is 0 Å². The van der Waals surface area contributed by atoms with Crippen molar-refractivity contribution >= 4 is 59.9 Å². The Hall–Kier alpha value is -7.11. The van der Waals surface area contributed by atoms with E-state index in [9.17, 15) is 0 Å². The molecule has 11 rings (SSSR count). The van der Waals surface area contributed by atoms with E-state index in [0.717, 1.165) is 88.4 Å². The van der Waals surface area contributed by atoms with E-state index in [1.165, 1.54) is 5.39 Å². The first-order valence-corrected chi connectivity index (χ1v) is 17.6. The van der Waals surface area contributed by atoms with Gasteiger partial charge in [-0.15, -0.1) is 0 Å². The minimum atomic E-state index is 0.638. The van der Waals surface area contributed by atoms with E-state index >= 15 is 0 Å². The smallest absolute Gasteiger partial charge is 0.235 e. The number of hydrogen-bond donors (Lipinski definition) is 0. The Morgan fingerprint density at radius 3 is 1.63 bits per heavy atom. The van der Waals surface area contributed by atoms with E-state index in [4.69, 9.17) is 15.0 Å². The Balaban J connectivity index is 1.35. The lowest BCUT2D eigenvalue weighted by Crippen LogP contribution is -2.03. The van der Waals surface area contributed by atoms with Gasteiger partial charge in [0, 0.05) is 43.6 Å². The van der Waals surface area contributed by atoms with E-state index in [1.807, 2.05) is 12.1 Å². The molecule has 0 N–H and O–H groups in total. The van der Waals surface area contributed by atoms with Gasteiger partial charge in [0.25, 0.3) is 0 Å². The molecule has 5 nitrogen and oxygen atoms in total. The first kappa shape index (κ1) is 28.7. The standard InChI is InChI=1S/C47H29N5/c1-4-16-30(17-5-1)42-36-24-12-14-26-38(36)48-47(50-42)51-39-27-15-13-25-37(39)41-40(51)29-28-35-33-22-10-11-23-34(33)45-43(31-18-6-2-7-19-31)49-46(52(45)44(35)41)32-20-8-3-9-21-32/h1-29H. The van der Waals surface area contributed by atoms with Crippen LogP contribution in [0.2, 0.25) is 0 Å². The molecule has 0 amide bonds. The quantitative estimate of drug-likeness (QED) is 0.176. The summed E-state index contributed by atoms with van der Waals surface area (Å²) in [4.78, 5) is 16.1. The highest BCUT2D eigenvalue weighted by Crippen LogP contribution is 2.44. The zero-order valence-electron chi connectivity index (χ0n) is 28.0. The predicted octanol–water partition coefficient (Wildman–Crippen LogP) is 11.7. The van der Waals surface area contributed by atoms with Gasteiger partial charge in [-0.3, -0.25) is 8.97 Å². The van der Waals surface area contributed by atoms with Crippen molar-refractivity contribution in [3.05, 3.63) is 176 Å². The molecule has 0 radical (unpaired) electrons. The second-order valence-electron chi connectivity index (χ2n) is 13.2. The molecule has 0 aliphatic carbocycles. The number of aromatic nitrogens is 5. The summed E-state index contributed by atoms with van der Waals surface area (Å²) in [5.41, 5.74) is 10.3. The van der Waals surface area contributed by atoms with Crippen LogP contribution in [0, 0.1) is 0 Å². The molecule has 0 bridgehead atoms. The van der Waals surface area contributed by atoms with Crippen molar-refractivity contribution in [1.82, 2.24) is 23.9 Å². The number of nitrogens with zero attached hydrogens (tertiary/aromatic N) is 5. The second kappa shape index (κ2) is 11.2. The van der Waals surface area contributed by atoms with E-state index in [0.29, 0.717) is 5.95 Å². The van der Waals surface area contributed by atoms with Gasteiger partial charge in [0.1, 0.15) is 5.82 Å². The van der Waals surface area contributed by atoms with Gasteiger partial charge in [0.15, 0.2) is 0 Å². The molecular formula is C47H29N5. The Morgan fingerprint density at radius 2 is 0.904 bits per heavy atom. The number of para-hydroxylation sites is 2. The van der Waals surface area contributed by atoms with Crippen molar-refractivity contribution in [1.29, 1.82) is 0 Å². The van der Waals surface area contributed by atoms with Crippen LogP contribution in [0.25, 0.3) is 99.8 Å². The third-order valence-electron chi connectivity index (χ3n) is 10.3. The van der Waals surface area contributed by atoms with Crippen LogP contribution >= 0.6 is 0 Å². The molecule has 5 heteroatoms. The number of benzene rings is 7. The normalized spacial score (nSPS) is 11.8. The van der Waals surface area contributed by atoms with E-state index in [2.05, 4.69) is 173 Å². The van der Waals surface area contributed by atoms with Crippen molar-refractivity contribution < 1.29 is 0 Å². The summed E-state index contributed by atoms with van der Waals surface area (Å²) in [7, 11) is 0. The number of imidazole rings is 1. The fraction of sp³-hybridized carbons (Fsp3) is 0. The lowest BCUT2D eigenvalue weighted by Gasteiger charge is -2.14. The molecule has 242 valence electrons. The van der Waals surface area contributed by atoms with Gasteiger partial charge in [-0.05, 0) is 23.6 Å². The fourth-order valence-electron chi connectivity index (χ4n) is 8.08. The van der Waals surface area contributed by atoms with Crippen LogP contribution in [-0.2, 0) is 0 Å². The summed E-state index contributed by atoms with van der Waals surface area (Å²) < 4.78 is 4.65. The van der Waals surface area contributed by atoms with Crippen LogP contribution in [-0.4, -0.2) is 23.9 Å². The molecule has 0 aliphatic heterocycles. The molecule has 0 spiro atoms. The highest BCUT2D eigenvalue weighted by atomic mass is 15.2. The van der Waals surface area contributed by atoms with Crippen molar-refractivity contribution in [3.63, 3.8) is 0 Å². The maximum absolute atomic E-state index is 5.49. The Bertz CT molecular complexity index is 3160. The van der Waals surface area contributed by atoms with E-state index in [-0.39, 0.29) is 0 Å². The molecule has 0 unspecified atom stereocenters. The SMILES string of the molecule is c1ccc(-c2nc(-n3c4ccccc4c4c3ccc3c5ccccc5c5c(-c6ccccc6)nc(-c6ccccc6)n5c34)nc3ccccc23)cc1. The van der Waals surface area contributed by atoms with Gasteiger partial charge in [-0.25, -0.2) is 15.0 Å². The number of pyridine rings is 1. The lowest BCUT2D eigenvalue weighted by atomic mass is 9.99. The molecule has 0 fully saturated rings. The van der Waals surface area contributed by atoms with Crippen LogP contribution in [0.3, 0.4) is 0 Å². The third-order valence-corrected chi connectivity index (χ3v) is 10.3. The molecule has 4 aromatic heterocycles. The number of rotatable bonds is 4. The molecule has 0 atom stereocenters. The average Bonchev–Trinajstić information content (AvgIpc) is 3.79. The molecule has 0 saturated carbocycles. The number of fused-ring (bicyclic) bond motifs is 11. The van der Waals surface area contributed by atoms with Crippen LogP contribution in [0.15, 0.2) is 176 Å². The first-order valence-electron chi connectivity index (χ1n) is 17.6.